The molecule has 0 aliphatic carbocycles. The quantitative estimate of drug-likeness (QED) is 0.667. The van der Waals surface area contributed by atoms with E-state index in [1.54, 1.807) is 7.11 Å². The Morgan fingerprint density at radius 2 is 2.00 bits per heavy atom. The lowest BCUT2D eigenvalue weighted by Gasteiger charge is -2.28. The zero-order valence-electron chi connectivity index (χ0n) is 11.9. The average molecular weight is 322 g/mol. The molecule has 4 unspecified atom stereocenters. The van der Waals surface area contributed by atoms with Gasteiger partial charge in [-0.1, -0.05) is 0 Å². The first kappa shape index (κ1) is 16.5. The van der Waals surface area contributed by atoms with Crippen LogP contribution in [0.15, 0.2) is 0 Å². The predicted molar refractivity (Wildman–Crippen MR) is 78.4 cm³/mol. The van der Waals surface area contributed by atoms with Gasteiger partial charge in [0.05, 0.1) is 6.61 Å². The predicted octanol–water partition coefficient (Wildman–Crippen LogP) is 1.87. The Hall–Kier alpha value is 0.1000. The van der Waals surface area contributed by atoms with Crippen molar-refractivity contribution in [1.82, 2.24) is 0 Å². The van der Waals surface area contributed by atoms with Gasteiger partial charge in [-0.05, 0) is 26.4 Å². The minimum absolute atomic E-state index is 0.273. The highest BCUT2D eigenvalue weighted by Gasteiger charge is 2.57. The number of methoxy groups -OCH3 is 1. The van der Waals surface area contributed by atoms with Crippen LogP contribution in [0.5, 0.6) is 0 Å². The smallest absolute Gasteiger partial charge is 0.190 e. The van der Waals surface area contributed by atoms with Crippen LogP contribution in [-0.4, -0.2) is 62.8 Å². The van der Waals surface area contributed by atoms with Gasteiger partial charge in [0.25, 0.3) is 0 Å². The van der Waals surface area contributed by atoms with Gasteiger partial charge in [-0.25, -0.2) is 0 Å². The molecule has 2 fully saturated rings. The fraction of sp³-hybridized carbons (Fsp3) is 0.833. The summed E-state index contributed by atoms with van der Waals surface area (Å²) in [5, 5.41) is 0. The third-order valence-corrected chi connectivity index (χ3v) is 3.96. The third kappa shape index (κ3) is 3.46. The lowest BCUT2D eigenvalue weighted by atomic mass is 10.1. The zero-order chi connectivity index (χ0) is 14.8. The maximum Gasteiger partial charge on any atom is 0.190 e. The zero-order valence-corrected chi connectivity index (χ0v) is 13.6. The van der Waals surface area contributed by atoms with E-state index in [1.165, 1.54) is 0 Å². The van der Waals surface area contributed by atoms with E-state index in [1.807, 2.05) is 13.8 Å². The molecule has 0 radical (unpaired) electrons. The van der Waals surface area contributed by atoms with Gasteiger partial charge in [-0.3, -0.25) is 0 Å². The number of fused-ring (bicyclic) bond motifs is 1. The maximum absolute atomic E-state index is 5.90. The summed E-state index contributed by atoms with van der Waals surface area (Å²) >= 11 is 0. The van der Waals surface area contributed by atoms with Gasteiger partial charge in [-0.2, -0.15) is 0 Å². The highest BCUT2D eigenvalue weighted by molar-refractivity contribution is 7.31. The second kappa shape index (κ2) is 6.91. The SMILES string of the molecule is C=POCC(OP=C)[C@H]1OC2OC(C)(C)OC2C1OC. The second-order valence-electron chi connectivity index (χ2n) is 4.97. The monoisotopic (exact) mass is 322 g/mol. The summed E-state index contributed by atoms with van der Waals surface area (Å²) in [5.74, 6) is -0.666. The summed E-state index contributed by atoms with van der Waals surface area (Å²) in [6, 6.07) is 0. The molecule has 0 aromatic heterocycles. The molecule has 0 aromatic carbocycles. The summed E-state index contributed by atoms with van der Waals surface area (Å²) < 4.78 is 33.9. The largest absolute Gasteiger partial charge is 0.376 e. The van der Waals surface area contributed by atoms with Crippen molar-refractivity contribution in [3.63, 3.8) is 0 Å². The molecule has 0 spiro atoms. The topological polar surface area (TPSA) is 55.4 Å². The van der Waals surface area contributed by atoms with Crippen molar-refractivity contribution < 1.29 is 28.0 Å². The van der Waals surface area contributed by atoms with E-state index in [-0.39, 0.29) is 24.4 Å². The van der Waals surface area contributed by atoms with Crippen LogP contribution in [0.25, 0.3) is 0 Å². The van der Waals surface area contributed by atoms with Gasteiger partial charge in [0, 0.05) is 24.0 Å². The second-order valence-corrected chi connectivity index (χ2v) is 5.95. The first-order valence-corrected chi connectivity index (χ1v) is 8.25. The summed E-state index contributed by atoms with van der Waals surface area (Å²) in [5.41, 5.74) is 0. The molecule has 5 atom stereocenters. The van der Waals surface area contributed by atoms with E-state index >= 15 is 0 Å². The van der Waals surface area contributed by atoms with Crippen molar-refractivity contribution in [3.8, 4) is 0 Å². The molecule has 2 rings (SSSR count). The molecule has 2 heterocycles. The molecule has 0 bridgehead atoms. The summed E-state index contributed by atoms with van der Waals surface area (Å²) in [4.78, 5) is 0. The molecule has 0 saturated carbocycles. The van der Waals surface area contributed by atoms with Crippen LogP contribution < -0.4 is 0 Å². The standard InChI is InChI=1S/C12H20O6P2/c1-12(2)16-10-9(13-3)8(15-11(10)17-12)7(18-20-5)6-14-19-4/h7-11H,4-6H2,1-3H3/t7?,8-,9?,10?,11?/m1/s1. The Labute approximate surface area is 122 Å². The van der Waals surface area contributed by atoms with Crippen molar-refractivity contribution in [2.45, 2.75) is 50.3 Å². The number of hydrogen-bond donors (Lipinski definition) is 0. The summed E-state index contributed by atoms with van der Waals surface area (Å²) in [7, 11) is 2.76. The summed E-state index contributed by atoms with van der Waals surface area (Å²) in [6.07, 6.45) is 5.64. The van der Waals surface area contributed by atoms with E-state index < -0.39 is 12.1 Å². The molecule has 20 heavy (non-hydrogen) atoms. The van der Waals surface area contributed by atoms with Crippen molar-refractivity contribution in [2.75, 3.05) is 13.7 Å². The van der Waals surface area contributed by atoms with Crippen LogP contribution in [-0.2, 0) is 28.0 Å². The van der Waals surface area contributed by atoms with E-state index in [2.05, 4.69) is 12.6 Å². The minimum Gasteiger partial charge on any atom is -0.376 e. The number of ether oxygens (including phenoxy) is 4. The highest BCUT2D eigenvalue weighted by Crippen LogP contribution is 2.40. The van der Waals surface area contributed by atoms with Gasteiger partial charge < -0.3 is 28.0 Å². The molecular formula is C12H20O6P2. The number of hydrogen-bond acceptors (Lipinski definition) is 6. The van der Waals surface area contributed by atoms with E-state index in [9.17, 15) is 0 Å². The molecule has 114 valence electrons. The molecule has 0 N–H and O–H groups in total. The summed E-state index contributed by atoms with van der Waals surface area (Å²) in [6.45, 7) is 4.05. The van der Waals surface area contributed by atoms with Gasteiger partial charge in [0.15, 0.2) is 12.1 Å². The van der Waals surface area contributed by atoms with Gasteiger partial charge in [0.1, 0.15) is 24.4 Å². The lowest BCUT2D eigenvalue weighted by molar-refractivity contribution is -0.226. The molecule has 2 saturated heterocycles. The molecule has 6 nitrogen and oxygen atoms in total. The van der Waals surface area contributed by atoms with Crippen molar-refractivity contribution in [2.24, 2.45) is 0 Å². The highest BCUT2D eigenvalue weighted by atomic mass is 31.1. The fourth-order valence-corrected chi connectivity index (χ4v) is 3.10. The molecule has 8 heteroatoms. The van der Waals surface area contributed by atoms with Crippen molar-refractivity contribution in [3.05, 3.63) is 0 Å². The molecule has 0 aromatic rings. The number of rotatable bonds is 7. The maximum atomic E-state index is 5.90. The normalized spacial score (nSPS) is 37.4. The van der Waals surface area contributed by atoms with E-state index in [0.717, 1.165) is 0 Å². The van der Waals surface area contributed by atoms with Crippen LogP contribution in [0.3, 0.4) is 0 Å². The van der Waals surface area contributed by atoms with Gasteiger partial charge in [-0.15, -0.1) is 0 Å². The Bertz CT molecular complexity index is 364. The van der Waals surface area contributed by atoms with Crippen molar-refractivity contribution >= 4 is 29.5 Å². The van der Waals surface area contributed by atoms with Crippen LogP contribution in [0.4, 0.5) is 0 Å². The molecule has 2 aliphatic heterocycles. The van der Waals surface area contributed by atoms with Gasteiger partial charge >= 0.3 is 0 Å². The van der Waals surface area contributed by atoms with Crippen LogP contribution in [0.2, 0.25) is 0 Å². The first-order chi connectivity index (χ1) is 9.52. The average Bonchev–Trinajstić information content (AvgIpc) is 2.85. The van der Waals surface area contributed by atoms with E-state index in [0.29, 0.717) is 23.5 Å². The minimum atomic E-state index is -0.666. The Balaban J connectivity index is 2.08. The fourth-order valence-electron chi connectivity index (χ4n) is 2.48. The Morgan fingerprint density at radius 3 is 2.60 bits per heavy atom. The van der Waals surface area contributed by atoms with Crippen molar-refractivity contribution in [1.29, 1.82) is 0 Å². The van der Waals surface area contributed by atoms with Crippen LogP contribution in [0, 0.1) is 0 Å². The van der Waals surface area contributed by atoms with E-state index in [4.69, 9.17) is 28.0 Å². The molecule has 0 amide bonds. The lowest BCUT2D eigenvalue weighted by Crippen LogP contribution is -2.43. The molecular weight excluding hydrogens is 302 g/mol. The third-order valence-electron chi connectivity index (χ3n) is 3.21. The molecule has 2 aliphatic rings. The van der Waals surface area contributed by atoms with Gasteiger partial charge in [0.2, 0.25) is 0 Å². The Kier molecular flexibility index (Phi) is 5.69. The van der Waals surface area contributed by atoms with Crippen LogP contribution in [0.1, 0.15) is 13.8 Å². The first-order valence-electron chi connectivity index (χ1n) is 6.26. The van der Waals surface area contributed by atoms with Crippen LogP contribution >= 0.6 is 16.9 Å². The Morgan fingerprint density at radius 1 is 1.25 bits per heavy atom.